The van der Waals surface area contributed by atoms with E-state index >= 15 is 0 Å². The molecule has 1 atom stereocenters. The number of carbonyl (C=O) groups excluding carboxylic acids is 1. The molecule has 1 fully saturated rings. The van der Waals surface area contributed by atoms with Gasteiger partial charge in [0.2, 0.25) is 5.91 Å². The highest BCUT2D eigenvalue weighted by atomic mass is 16.2. The second kappa shape index (κ2) is 9.63. The summed E-state index contributed by atoms with van der Waals surface area (Å²) in [4.78, 5) is 23.5. The number of carbonyl (C=O) groups is 1. The van der Waals surface area contributed by atoms with Gasteiger partial charge in [-0.2, -0.15) is 0 Å². The highest BCUT2D eigenvalue weighted by molar-refractivity contribution is 5.82. The number of pyridine rings is 1. The van der Waals surface area contributed by atoms with Gasteiger partial charge in [0.25, 0.3) is 0 Å². The van der Waals surface area contributed by atoms with Gasteiger partial charge in [0.15, 0.2) is 5.82 Å². The monoisotopic (exact) mass is 395 g/mol. The first-order valence-corrected chi connectivity index (χ1v) is 10.5. The maximum absolute atomic E-state index is 12.9. The summed E-state index contributed by atoms with van der Waals surface area (Å²) in [6.45, 7) is 6.81. The van der Waals surface area contributed by atoms with Crippen LogP contribution < -0.4 is 15.5 Å². The molecular formula is C23H33N5O. The van der Waals surface area contributed by atoms with Gasteiger partial charge in [-0.15, -0.1) is 0 Å². The van der Waals surface area contributed by atoms with Crippen LogP contribution >= 0.6 is 0 Å². The molecule has 0 radical (unpaired) electrons. The third-order valence-corrected chi connectivity index (χ3v) is 5.64. The normalized spacial score (nSPS) is 16.7. The molecule has 29 heavy (non-hydrogen) atoms. The number of aryl methyl sites for hydroxylation is 1. The van der Waals surface area contributed by atoms with Crippen LogP contribution in [-0.4, -0.2) is 55.1 Å². The van der Waals surface area contributed by atoms with E-state index in [1.807, 2.05) is 29.0 Å². The summed E-state index contributed by atoms with van der Waals surface area (Å²) >= 11 is 0. The summed E-state index contributed by atoms with van der Waals surface area (Å²) in [6.07, 6.45) is 5.29. The first-order chi connectivity index (χ1) is 14.0. The highest BCUT2D eigenvalue weighted by Crippen LogP contribution is 2.24. The largest absolute Gasteiger partial charge is 0.396 e. The zero-order valence-corrected chi connectivity index (χ0v) is 17.8. The Morgan fingerprint density at radius 3 is 2.66 bits per heavy atom. The van der Waals surface area contributed by atoms with Crippen molar-refractivity contribution in [1.29, 1.82) is 0 Å². The Morgan fingerprint density at radius 2 is 2.00 bits per heavy atom. The molecule has 1 aliphatic heterocycles. The Bertz CT molecular complexity index is 807. The number of anilines is 3. The lowest BCUT2D eigenvalue weighted by atomic mass is 10.1. The van der Waals surface area contributed by atoms with Crippen LogP contribution in [0.15, 0.2) is 42.6 Å². The van der Waals surface area contributed by atoms with E-state index in [-0.39, 0.29) is 11.9 Å². The Balaban J connectivity index is 1.55. The molecule has 0 spiro atoms. The number of nitrogens with two attached hydrogens (primary N) is 1. The molecule has 1 aliphatic rings. The lowest BCUT2D eigenvalue weighted by molar-refractivity contribution is -0.130. The minimum absolute atomic E-state index is 0.156. The molecule has 2 N–H and O–H groups in total. The van der Waals surface area contributed by atoms with Crippen molar-refractivity contribution >= 4 is 23.1 Å². The van der Waals surface area contributed by atoms with Gasteiger partial charge in [-0.1, -0.05) is 25.5 Å². The zero-order valence-electron chi connectivity index (χ0n) is 17.8. The molecule has 1 aromatic carbocycles. The predicted octanol–water partition coefficient (Wildman–Crippen LogP) is 3.18. The molecule has 1 unspecified atom stereocenters. The van der Waals surface area contributed by atoms with Crippen LogP contribution in [0, 0.1) is 0 Å². The number of nitrogens with zero attached hydrogens (tertiary/aromatic N) is 4. The van der Waals surface area contributed by atoms with Gasteiger partial charge in [0.05, 0.1) is 12.2 Å². The SMILES string of the molecule is CCCCc1ccc(N(C)CC(=O)N2CCN(c3ncccc3N)C(C)C2)cc1. The molecule has 1 saturated heterocycles. The van der Waals surface area contributed by atoms with Crippen LogP contribution in [0.1, 0.15) is 32.3 Å². The number of hydrogen-bond donors (Lipinski definition) is 1. The van der Waals surface area contributed by atoms with Crippen LogP contribution in [-0.2, 0) is 11.2 Å². The maximum atomic E-state index is 12.9. The van der Waals surface area contributed by atoms with Gasteiger partial charge in [-0.3, -0.25) is 4.79 Å². The summed E-state index contributed by atoms with van der Waals surface area (Å²) in [7, 11) is 1.98. The molecule has 3 rings (SSSR count). The van der Waals surface area contributed by atoms with Crippen LogP contribution in [0.2, 0.25) is 0 Å². The standard InChI is InChI=1S/C23H33N5O/c1-4-5-7-19-9-11-20(12-10-19)26(3)17-22(29)27-14-15-28(18(2)16-27)23-21(24)8-6-13-25-23/h6,8-13,18H,4-5,7,14-17,24H2,1-3H3. The molecule has 1 aromatic heterocycles. The summed E-state index contributed by atoms with van der Waals surface area (Å²) in [6, 6.07) is 12.5. The van der Waals surface area contributed by atoms with Crippen molar-refractivity contribution in [2.24, 2.45) is 0 Å². The molecule has 1 amide bonds. The average molecular weight is 396 g/mol. The summed E-state index contributed by atoms with van der Waals surface area (Å²) in [5, 5.41) is 0. The summed E-state index contributed by atoms with van der Waals surface area (Å²) < 4.78 is 0. The lowest BCUT2D eigenvalue weighted by Crippen LogP contribution is -2.55. The minimum Gasteiger partial charge on any atom is -0.396 e. The van der Waals surface area contributed by atoms with Crippen molar-refractivity contribution < 1.29 is 4.79 Å². The molecule has 6 heteroatoms. The lowest BCUT2D eigenvalue weighted by Gasteiger charge is -2.41. The Hall–Kier alpha value is -2.76. The topological polar surface area (TPSA) is 65.7 Å². The van der Waals surface area contributed by atoms with E-state index in [4.69, 9.17) is 5.73 Å². The molecule has 2 aromatic rings. The van der Waals surface area contributed by atoms with Crippen molar-refractivity contribution in [2.45, 2.75) is 39.2 Å². The summed E-state index contributed by atoms with van der Waals surface area (Å²) in [5.41, 5.74) is 9.20. The third kappa shape index (κ3) is 5.19. The number of rotatable bonds is 7. The van der Waals surface area contributed by atoms with Gasteiger partial charge in [-0.25, -0.2) is 4.98 Å². The van der Waals surface area contributed by atoms with Gasteiger partial charge < -0.3 is 20.4 Å². The van der Waals surface area contributed by atoms with E-state index in [9.17, 15) is 4.79 Å². The number of aromatic nitrogens is 1. The van der Waals surface area contributed by atoms with Gasteiger partial charge in [-0.05, 0) is 49.6 Å². The highest BCUT2D eigenvalue weighted by Gasteiger charge is 2.28. The first kappa shape index (κ1) is 21.0. The number of likely N-dealkylation sites (N-methyl/N-ethyl adjacent to an activating group) is 1. The fraction of sp³-hybridized carbons (Fsp3) is 0.478. The molecule has 0 bridgehead atoms. The molecule has 2 heterocycles. The zero-order chi connectivity index (χ0) is 20.8. The molecule has 6 nitrogen and oxygen atoms in total. The first-order valence-electron chi connectivity index (χ1n) is 10.5. The fourth-order valence-electron chi connectivity index (χ4n) is 3.84. The van der Waals surface area contributed by atoms with Crippen molar-refractivity contribution in [2.75, 3.05) is 48.8 Å². The Kier molecular flexibility index (Phi) is 6.96. The molecule has 0 saturated carbocycles. The van der Waals surface area contributed by atoms with Crippen LogP contribution in [0.5, 0.6) is 0 Å². The van der Waals surface area contributed by atoms with Gasteiger partial charge >= 0.3 is 0 Å². The van der Waals surface area contributed by atoms with Crippen molar-refractivity contribution in [3.8, 4) is 0 Å². The number of unbranched alkanes of at least 4 members (excludes halogenated alkanes) is 1. The van der Waals surface area contributed by atoms with Gasteiger partial charge in [0, 0.05) is 44.6 Å². The molecular weight excluding hydrogens is 362 g/mol. The number of piperazine rings is 1. The van der Waals surface area contributed by atoms with E-state index in [1.165, 1.54) is 18.4 Å². The average Bonchev–Trinajstić information content (AvgIpc) is 2.73. The predicted molar refractivity (Wildman–Crippen MR) is 120 cm³/mol. The van der Waals surface area contributed by atoms with Gasteiger partial charge in [0.1, 0.15) is 0 Å². The van der Waals surface area contributed by atoms with E-state index < -0.39 is 0 Å². The van der Waals surface area contributed by atoms with E-state index in [2.05, 4.69) is 48.0 Å². The second-order valence-electron chi connectivity index (χ2n) is 7.92. The number of hydrogen-bond acceptors (Lipinski definition) is 5. The van der Waals surface area contributed by atoms with Crippen molar-refractivity contribution in [3.05, 3.63) is 48.2 Å². The quantitative estimate of drug-likeness (QED) is 0.780. The number of nitrogen functional groups attached to an aromatic ring is 1. The fourth-order valence-corrected chi connectivity index (χ4v) is 3.84. The minimum atomic E-state index is 0.156. The van der Waals surface area contributed by atoms with Crippen molar-refractivity contribution in [1.82, 2.24) is 9.88 Å². The Labute approximate surface area is 174 Å². The summed E-state index contributed by atoms with van der Waals surface area (Å²) in [5.74, 6) is 0.968. The number of benzene rings is 1. The van der Waals surface area contributed by atoms with Crippen LogP contribution in [0.4, 0.5) is 17.2 Å². The third-order valence-electron chi connectivity index (χ3n) is 5.64. The number of amides is 1. The van der Waals surface area contributed by atoms with Crippen LogP contribution in [0.25, 0.3) is 0 Å². The van der Waals surface area contributed by atoms with E-state index in [0.29, 0.717) is 25.3 Å². The maximum Gasteiger partial charge on any atom is 0.242 e. The smallest absolute Gasteiger partial charge is 0.242 e. The molecule has 0 aliphatic carbocycles. The molecule has 156 valence electrons. The van der Waals surface area contributed by atoms with Crippen molar-refractivity contribution in [3.63, 3.8) is 0 Å². The van der Waals surface area contributed by atoms with E-state index in [1.54, 1.807) is 6.20 Å². The second-order valence-corrected chi connectivity index (χ2v) is 7.92. The Morgan fingerprint density at radius 1 is 1.24 bits per heavy atom. The van der Waals surface area contributed by atoms with E-state index in [0.717, 1.165) is 24.5 Å². The van der Waals surface area contributed by atoms with Crippen LogP contribution in [0.3, 0.4) is 0 Å².